The second-order valence-electron chi connectivity index (χ2n) is 28.9. The summed E-state index contributed by atoms with van der Waals surface area (Å²) in [5, 5.41) is 29.8. The van der Waals surface area contributed by atoms with Gasteiger partial charge in [0, 0.05) is 82.1 Å². The molecule has 1 saturated carbocycles. The summed E-state index contributed by atoms with van der Waals surface area (Å²) in [6.07, 6.45) is 4.16. The van der Waals surface area contributed by atoms with Crippen LogP contribution in [0.3, 0.4) is 0 Å². The predicted octanol–water partition coefficient (Wildman–Crippen LogP) is 16.4. The Bertz CT molecular complexity index is 5170. The third-order valence-corrected chi connectivity index (χ3v) is 20.0. The fraction of sp³-hybridized carbons (Fsp3) is 0.291. The Morgan fingerprint density at radius 1 is 0.398 bits per heavy atom. The zero-order chi connectivity index (χ0) is 78.8. The van der Waals surface area contributed by atoms with E-state index in [2.05, 4.69) is 51.8 Å². The first-order valence-electron chi connectivity index (χ1n) is 36.5. The molecule has 8 aromatic carbocycles. The average Bonchev–Trinajstić information content (AvgIpc) is 1.64. The molecule has 0 unspecified atom stereocenters. The Kier molecular flexibility index (Phi) is 27.5. The van der Waals surface area contributed by atoms with Crippen LogP contribution in [0.25, 0.3) is 88.1 Å². The normalized spacial score (nSPS) is 17.0. The monoisotopic (exact) mass is 1560 g/mol. The highest BCUT2D eigenvalue weighted by atomic mass is 19.2. The van der Waals surface area contributed by atoms with Crippen molar-refractivity contribution >= 4 is 73.4 Å². The van der Waals surface area contributed by atoms with Crippen molar-refractivity contribution in [1.29, 1.82) is 0 Å². The lowest BCUT2D eigenvalue weighted by atomic mass is 10.0. The summed E-state index contributed by atoms with van der Waals surface area (Å²) in [5.41, 5.74) is 16.9. The third-order valence-electron chi connectivity index (χ3n) is 20.0. The predicted molar refractivity (Wildman–Crippen MR) is 425 cm³/mol. The first-order chi connectivity index (χ1) is 53.3. The van der Waals surface area contributed by atoms with Crippen LogP contribution >= 0.6 is 0 Å². The van der Waals surface area contributed by atoms with Crippen LogP contribution in [0.1, 0.15) is 110 Å². The number of rotatable bonds is 18. The standard InChI is InChI=1S/C27H31F2N3O3.2C21H22F2N4O.C15H9F2NO2.2CH4/c1-27(2,3)35-26(34)31-15-17-8-7-16(13-17)14-30-25(33)24-22(18-9-11-19(28)12-10-18)20-5-4-6-21(29)23(20)32-24;2*22-14-6-4-13(5-7-14)18-16-2-1-3-17(23)19(16)27-20(18)21(28)26-11-15-8-12(9-24)10-25-15;16-9-6-4-8(5-7-9)12-10-2-1-3-11(17)13(10)18-14(12)15(19)20;;/h4-6,9-12,16-17,32H,7-8,13-15H2,1-3H3,(H,30,33)(H,31,34);2*1-7,12,15,25,27H,8-11,24H2,(H,26,28);1-7,18H,(H,19,20);2*1H4/t16-,17+;2*12-,15+;;;/m011.../s1. The number of nitrogens with two attached hydrogens (primary N) is 2. The second-order valence-corrected chi connectivity index (χ2v) is 28.9. The number of para-hydroxylation sites is 4. The number of benzene rings is 8. The SMILES string of the molecule is C.C.CC(C)(C)OC(=O)NC[C@@H]1CC[C@H](CNC(=O)c2[nH]c3c(F)cccc3c2-c2ccc(F)cc2)C1.NC[C@@H]1CN[C@H](CNC(=O)c2[nH]c3c(F)cccc3c2-c2ccc(F)cc2)C1.NC[C@@H]1CN[C@H](CNC(=O)c2[nH]c3c(F)cccc3c2-c2ccc(F)cc2)C1.O=C(O)c1[nH]c2c(F)cccc2c1-c1ccc(F)cc1. The van der Waals surface area contributed by atoms with Gasteiger partial charge in [0.1, 0.15) is 74.9 Å². The van der Waals surface area contributed by atoms with E-state index in [0.717, 1.165) is 45.2 Å². The van der Waals surface area contributed by atoms with Crippen molar-refractivity contribution in [2.75, 3.05) is 52.4 Å². The van der Waals surface area contributed by atoms with Gasteiger partial charge in [-0.25, -0.2) is 44.7 Å². The van der Waals surface area contributed by atoms with E-state index in [4.69, 9.17) is 16.2 Å². The fourth-order valence-electron chi connectivity index (χ4n) is 14.6. The van der Waals surface area contributed by atoms with Crippen molar-refractivity contribution in [3.8, 4) is 44.5 Å². The number of carbonyl (C=O) groups excluding carboxylic acids is 4. The van der Waals surface area contributed by atoms with Crippen molar-refractivity contribution in [2.24, 2.45) is 35.1 Å². The number of halogens is 8. The van der Waals surface area contributed by atoms with Crippen molar-refractivity contribution < 1.29 is 68.9 Å². The van der Waals surface area contributed by atoms with Gasteiger partial charge >= 0.3 is 12.1 Å². The van der Waals surface area contributed by atoms with Gasteiger partial charge in [-0.05, 0) is 198 Å². The van der Waals surface area contributed by atoms with Crippen molar-refractivity contribution in [1.82, 2.24) is 51.8 Å². The molecule has 3 aliphatic rings. The van der Waals surface area contributed by atoms with Crippen LogP contribution in [0.2, 0.25) is 0 Å². The number of nitrogens with one attached hydrogen (secondary N) is 10. The number of carboxylic acids is 1. The number of carbonyl (C=O) groups is 5. The van der Waals surface area contributed by atoms with Gasteiger partial charge < -0.3 is 73.1 Å². The van der Waals surface area contributed by atoms with E-state index in [0.29, 0.717) is 123 Å². The number of alkyl carbamates (subject to hydrolysis) is 1. The second kappa shape index (κ2) is 37.1. The van der Waals surface area contributed by atoms with Crippen LogP contribution in [0.5, 0.6) is 0 Å². The number of ether oxygens (including phenoxy) is 1. The van der Waals surface area contributed by atoms with E-state index in [-0.39, 0.29) is 113 Å². The maximum Gasteiger partial charge on any atom is 0.407 e. The van der Waals surface area contributed by atoms with Gasteiger partial charge in [0.2, 0.25) is 0 Å². The van der Waals surface area contributed by atoms with Crippen LogP contribution in [-0.4, -0.2) is 125 Å². The summed E-state index contributed by atoms with van der Waals surface area (Å²) >= 11 is 0. The highest BCUT2D eigenvalue weighted by Gasteiger charge is 2.31. The Hall–Kier alpha value is -11.7. The summed E-state index contributed by atoms with van der Waals surface area (Å²) in [6, 6.07) is 41.6. The third kappa shape index (κ3) is 20.0. The molecule has 12 aromatic rings. The lowest BCUT2D eigenvalue weighted by Crippen LogP contribution is -2.37. The summed E-state index contributed by atoms with van der Waals surface area (Å²) in [4.78, 5) is 73.5. The highest BCUT2D eigenvalue weighted by molar-refractivity contribution is 6.12. The van der Waals surface area contributed by atoms with Crippen LogP contribution in [-0.2, 0) is 4.74 Å². The Labute approximate surface area is 647 Å². The van der Waals surface area contributed by atoms with Crippen LogP contribution in [0.15, 0.2) is 170 Å². The molecule has 0 spiro atoms. The molecule has 2 saturated heterocycles. The van der Waals surface area contributed by atoms with Gasteiger partial charge in [-0.3, -0.25) is 14.4 Å². The topological polar surface area (TPSA) is 302 Å². The van der Waals surface area contributed by atoms with Gasteiger partial charge in [0.25, 0.3) is 17.7 Å². The number of amides is 4. The Morgan fingerprint density at radius 2 is 0.681 bits per heavy atom. The first kappa shape index (κ1) is 83.8. The van der Waals surface area contributed by atoms with E-state index in [1.165, 1.54) is 91.0 Å². The van der Waals surface area contributed by atoms with E-state index >= 15 is 0 Å². The lowest BCUT2D eigenvalue weighted by molar-refractivity contribution is 0.0518. The number of fused-ring (bicyclic) bond motifs is 4. The molecular weight excluding hydrogens is 1470 g/mol. The lowest BCUT2D eigenvalue weighted by Gasteiger charge is -2.20. The van der Waals surface area contributed by atoms with Crippen molar-refractivity contribution in [3.05, 3.63) is 239 Å². The van der Waals surface area contributed by atoms with Gasteiger partial charge in [-0.2, -0.15) is 0 Å². The summed E-state index contributed by atoms with van der Waals surface area (Å²) in [7, 11) is 0. The molecule has 594 valence electrons. The maximum absolute atomic E-state index is 14.5. The fourth-order valence-corrected chi connectivity index (χ4v) is 14.6. The largest absolute Gasteiger partial charge is 0.477 e. The summed E-state index contributed by atoms with van der Waals surface area (Å²) < 4.78 is 115. The molecule has 3 fully saturated rings. The van der Waals surface area contributed by atoms with E-state index < -0.39 is 46.7 Å². The summed E-state index contributed by atoms with van der Waals surface area (Å²) in [5.74, 6) is -4.18. The quantitative estimate of drug-likeness (QED) is 0.0358. The molecule has 1 aliphatic carbocycles. The van der Waals surface area contributed by atoms with E-state index in [9.17, 15) is 64.2 Å². The molecule has 6 heterocycles. The molecule has 0 bridgehead atoms. The molecule has 27 heteroatoms. The van der Waals surface area contributed by atoms with Crippen molar-refractivity contribution in [2.45, 2.75) is 85.4 Å². The summed E-state index contributed by atoms with van der Waals surface area (Å²) in [6.45, 7) is 10.3. The first-order valence-corrected chi connectivity index (χ1v) is 36.5. The minimum absolute atomic E-state index is 0. The number of carboxylic acid groups (broad SMARTS) is 1. The molecule has 19 nitrogen and oxygen atoms in total. The Morgan fingerprint density at radius 3 is 0.965 bits per heavy atom. The van der Waals surface area contributed by atoms with Crippen molar-refractivity contribution in [3.63, 3.8) is 0 Å². The number of aromatic amines is 4. The average molecular weight is 1560 g/mol. The number of aromatic carboxylic acids is 1. The smallest absolute Gasteiger partial charge is 0.407 e. The zero-order valence-electron chi connectivity index (χ0n) is 60.9. The molecule has 2 aliphatic heterocycles. The zero-order valence-corrected chi connectivity index (χ0v) is 60.9. The van der Waals surface area contributed by atoms with Gasteiger partial charge in [-0.1, -0.05) is 112 Å². The minimum Gasteiger partial charge on any atom is -0.477 e. The number of hydrogen-bond acceptors (Lipinski definition) is 10. The molecule has 4 aromatic heterocycles. The van der Waals surface area contributed by atoms with Crippen LogP contribution in [0, 0.1) is 70.2 Å². The number of aromatic nitrogens is 4. The molecule has 15 rings (SSSR count). The van der Waals surface area contributed by atoms with E-state index in [1.807, 2.05) is 20.8 Å². The van der Waals surface area contributed by atoms with E-state index in [1.54, 1.807) is 78.9 Å². The van der Waals surface area contributed by atoms with Gasteiger partial charge in [0.15, 0.2) is 0 Å². The maximum atomic E-state index is 14.5. The molecular formula is C86H92F8N12O7. The molecule has 113 heavy (non-hydrogen) atoms. The number of H-pyrrole nitrogens is 4. The number of hydrogen-bond donors (Lipinski definition) is 13. The molecule has 4 amide bonds. The highest BCUT2D eigenvalue weighted by Crippen LogP contribution is 2.39. The molecule has 15 N–H and O–H groups in total. The van der Waals surface area contributed by atoms with Crippen LogP contribution < -0.4 is 43.4 Å². The molecule has 0 radical (unpaired) electrons. The minimum atomic E-state index is -1.19. The molecule has 6 atom stereocenters. The Balaban J connectivity index is 0.000000161. The van der Waals surface area contributed by atoms with Crippen LogP contribution in [0.4, 0.5) is 39.9 Å². The van der Waals surface area contributed by atoms with Gasteiger partial charge in [-0.15, -0.1) is 0 Å². The van der Waals surface area contributed by atoms with Gasteiger partial charge in [0.05, 0.1) is 22.1 Å².